The maximum Gasteiger partial charge on any atom is 0.314 e. The SMILES string of the molecule is CC(C)(C)C1=CCC(=O)O1. The molecule has 0 saturated carbocycles. The van der Waals surface area contributed by atoms with Gasteiger partial charge in [0, 0.05) is 5.41 Å². The standard InChI is InChI=1S/C8H12O2/c1-8(2,3)6-4-5-7(9)10-6/h4H,5H2,1-3H3. The third-order valence-corrected chi connectivity index (χ3v) is 1.42. The number of carbonyl (C=O) groups is 1. The van der Waals surface area contributed by atoms with Gasteiger partial charge >= 0.3 is 5.97 Å². The molecule has 1 aliphatic rings. The highest BCUT2D eigenvalue weighted by molar-refractivity contribution is 5.75. The first-order chi connectivity index (χ1) is 4.50. The second kappa shape index (κ2) is 2.11. The first kappa shape index (κ1) is 7.32. The molecule has 1 heterocycles. The molecule has 0 bridgehead atoms. The summed E-state index contributed by atoms with van der Waals surface area (Å²) in [4.78, 5) is 10.6. The quantitative estimate of drug-likeness (QED) is 0.480. The zero-order chi connectivity index (χ0) is 7.78. The van der Waals surface area contributed by atoms with Gasteiger partial charge in [-0.05, 0) is 6.08 Å². The number of esters is 1. The van der Waals surface area contributed by atoms with Gasteiger partial charge in [0.25, 0.3) is 0 Å². The minimum atomic E-state index is -0.134. The Labute approximate surface area is 60.9 Å². The van der Waals surface area contributed by atoms with Crippen LogP contribution in [0.1, 0.15) is 27.2 Å². The van der Waals surface area contributed by atoms with Crippen molar-refractivity contribution in [2.24, 2.45) is 5.41 Å². The first-order valence-corrected chi connectivity index (χ1v) is 3.41. The van der Waals surface area contributed by atoms with E-state index in [9.17, 15) is 4.79 Å². The Morgan fingerprint density at radius 1 is 1.50 bits per heavy atom. The Hall–Kier alpha value is -0.790. The maximum atomic E-state index is 10.6. The highest BCUT2D eigenvalue weighted by atomic mass is 16.5. The molecular weight excluding hydrogens is 128 g/mol. The minimum Gasteiger partial charge on any atom is -0.431 e. The van der Waals surface area contributed by atoms with Crippen molar-refractivity contribution in [1.29, 1.82) is 0 Å². The van der Waals surface area contributed by atoms with E-state index in [0.29, 0.717) is 6.42 Å². The Morgan fingerprint density at radius 2 is 2.10 bits per heavy atom. The lowest BCUT2D eigenvalue weighted by molar-refractivity contribution is -0.137. The number of carbonyl (C=O) groups excluding carboxylic acids is 1. The number of hydrogen-bond acceptors (Lipinski definition) is 2. The Kier molecular flexibility index (Phi) is 1.55. The summed E-state index contributed by atoms with van der Waals surface area (Å²) in [7, 11) is 0. The molecule has 0 fully saturated rings. The molecule has 0 aromatic rings. The van der Waals surface area contributed by atoms with Crippen LogP contribution >= 0.6 is 0 Å². The van der Waals surface area contributed by atoms with Crippen LogP contribution in [-0.2, 0) is 9.53 Å². The molecule has 2 heteroatoms. The zero-order valence-electron chi connectivity index (χ0n) is 6.60. The van der Waals surface area contributed by atoms with Gasteiger partial charge in [0.05, 0.1) is 6.42 Å². The van der Waals surface area contributed by atoms with E-state index in [-0.39, 0.29) is 11.4 Å². The molecular formula is C8H12O2. The lowest BCUT2D eigenvalue weighted by Gasteiger charge is -2.17. The molecule has 0 aromatic carbocycles. The van der Waals surface area contributed by atoms with Crippen LogP contribution in [0.5, 0.6) is 0 Å². The zero-order valence-corrected chi connectivity index (χ0v) is 6.60. The van der Waals surface area contributed by atoms with E-state index in [2.05, 4.69) is 0 Å². The summed E-state index contributed by atoms with van der Waals surface area (Å²) < 4.78 is 4.95. The molecule has 1 rings (SSSR count). The molecule has 2 nitrogen and oxygen atoms in total. The Morgan fingerprint density at radius 3 is 2.30 bits per heavy atom. The van der Waals surface area contributed by atoms with E-state index < -0.39 is 0 Å². The van der Waals surface area contributed by atoms with Crippen molar-refractivity contribution >= 4 is 5.97 Å². The predicted molar refractivity (Wildman–Crippen MR) is 38.2 cm³/mol. The highest BCUT2D eigenvalue weighted by Gasteiger charge is 2.25. The van der Waals surface area contributed by atoms with Crippen LogP contribution in [0, 0.1) is 5.41 Å². The lowest BCUT2D eigenvalue weighted by atomic mass is 9.94. The topological polar surface area (TPSA) is 26.3 Å². The van der Waals surface area contributed by atoms with Crippen molar-refractivity contribution in [3.8, 4) is 0 Å². The van der Waals surface area contributed by atoms with Crippen LogP contribution in [0.4, 0.5) is 0 Å². The average molecular weight is 140 g/mol. The van der Waals surface area contributed by atoms with E-state index in [1.165, 1.54) is 0 Å². The van der Waals surface area contributed by atoms with E-state index in [1.807, 2.05) is 26.8 Å². The van der Waals surface area contributed by atoms with E-state index in [1.54, 1.807) is 0 Å². The normalized spacial score (nSPS) is 18.7. The maximum absolute atomic E-state index is 10.6. The fraction of sp³-hybridized carbons (Fsp3) is 0.625. The predicted octanol–water partition coefficient (Wildman–Crippen LogP) is 1.86. The molecule has 0 spiro atoms. The van der Waals surface area contributed by atoms with Gasteiger partial charge < -0.3 is 4.74 Å². The summed E-state index contributed by atoms with van der Waals surface area (Å²) >= 11 is 0. The fourth-order valence-corrected chi connectivity index (χ4v) is 0.841. The first-order valence-electron chi connectivity index (χ1n) is 3.41. The Bertz CT molecular complexity index is 184. The van der Waals surface area contributed by atoms with E-state index in [4.69, 9.17) is 4.74 Å². The number of cyclic esters (lactones) is 1. The Balaban J connectivity index is 2.69. The van der Waals surface area contributed by atoms with Gasteiger partial charge in [0.2, 0.25) is 0 Å². The summed E-state index contributed by atoms with van der Waals surface area (Å²) in [5, 5.41) is 0. The van der Waals surface area contributed by atoms with Crippen LogP contribution in [-0.4, -0.2) is 5.97 Å². The van der Waals surface area contributed by atoms with Crippen LogP contribution in [0.3, 0.4) is 0 Å². The second-order valence-electron chi connectivity index (χ2n) is 3.50. The van der Waals surface area contributed by atoms with Gasteiger partial charge in [-0.25, -0.2) is 0 Å². The molecule has 0 atom stereocenters. The molecule has 0 N–H and O–H groups in total. The van der Waals surface area contributed by atoms with Crippen LogP contribution in [0.25, 0.3) is 0 Å². The third-order valence-electron chi connectivity index (χ3n) is 1.42. The number of ether oxygens (including phenoxy) is 1. The number of allylic oxidation sites excluding steroid dienone is 1. The van der Waals surface area contributed by atoms with Gasteiger partial charge in [0.1, 0.15) is 5.76 Å². The van der Waals surface area contributed by atoms with Crippen molar-refractivity contribution in [3.05, 3.63) is 11.8 Å². The van der Waals surface area contributed by atoms with Crippen molar-refractivity contribution in [1.82, 2.24) is 0 Å². The molecule has 0 aromatic heterocycles. The van der Waals surface area contributed by atoms with Gasteiger partial charge in [0.15, 0.2) is 0 Å². The summed E-state index contributed by atoms with van der Waals surface area (Å²) in [6.45, 7) is 6.08. The largest absolute Gasteiger partial charge is 0.431 e. The summed E-state index contributed by atoms with van der Waals surface area (Å²) in [6, 6.07) is 0. The van der Waals surface area contributed by atoms with Crippen molar-refractivity contribution in [2.45, 2.75) is 27.2 Å². The van der Waals surface area contributed by atoms with Gasteiger partial charge in [-0.1, -0.05) is 20.8 Å². The monoisotopic (exact) mass is 140 g/mol. The number of hydrogen-bond donors (Lipinski definition) is 0. The van der Waals surface area contributed by atoms with Gasteiger partial charge in [-0.2, -0.15) is 0 Å². The van der Waals surface area contributed by atoms with Crippen LogP contribution in [0.15, 0.2) is 11.8 Å². The fourth-order valence-electron chi connectivity index (χ4n) is 0.841. The summed E-state index contributed by atoms with van der Waals surface area (Å²) in [6.07, 6.45) is 2.29. The lowest BCUT2D eigenvalue weighted by Crippen LogP contribution is -2.10. The molecule has 0 saturated heterocycles. The summed E-state index contributed by atoms with van der Waals surface area (Å²) in [5.74, 6) is 0.669. The molecule has 56 valence electrons. The smallest absolute Gasteiger partial charge is 0.314 e. The van der Waals surface area contributed by atoms with Gasteiger partial charge in [-0.3, -0.25) is 4.79 Å². The molecule has 0 radical (unpaired) electrons. The summed E-state index contributed by atoms with van der Waals surface area (Å²) in [5.41, 5.74) is -0.0217. The average Bonchev–Trinajstić information content (AvgIpc) is 2.11. The van der Waals surface area contributed by atoms with Gasteiger partial charge in [-0.15, -0.1) is 0 Å². The number of rotatable bonds is 0. The van der Waals surface area contributed by atoms with Crippen molar-refractivity contribution in [3.63, 3.8) is 0 Å². The highest BCUT2D eigenvalue weighted by Crippen LogP contribution is 2.29. The van der Waals surface area contributed by atoms with Crippen LogP contribution < -0.4 is 0 Å². The molecule has 0 unspecified atom stereocenters. The molecule has 1 aliphatic heterocycles. The van der Waals surface area contributed by atoms with Crippen molar-refractivity contribution < 1.29 is 9.53 Å². The molecule has 10 heavy (non-hydrogen) atoms. The van der Waals surface area contributed by atoms with E-state index in [0.717, 1.165) is 5.76 Å². The molecule has 0 aliphatic carbocycles. The third kappa shape index (κ3) is 1.38. The van der Waals surface area contributed by atoms with Crippen molar-refractivity contribution in [2.75, 3.05) is 0 Å². The van der Waals surface area contributed by atoms with E-state index >= 15 is 0 Å². The second-order valence-corrected chi connectivity index (χ2v) is 3.50. The minimum absolute atomic E-state index is 0.0217. The molecule has 0 amide bonds. The van der Waals surface area contributed by atoms with Crippen LogP contribution in [0.2, 0.25) is 0 Å².